The number of nitrogens with one attached hydrogen (secondary N) is 1. The second-order valence-electron chi connectivity index (χ2n) is 6.22. The van der Waals surface area contributed by atoms with Crippen molar-refractivity contribution in [1.82, 2.24) is 5.32 Å². The average Bonchev–Trinajstić information content (AvgIpc) is 2.56. The largest absolute Gasteiger partial charge is 0.489 e. The standard InChI is InChI=1S/C19H23NO5/c1-11(2)10-24-14-5-6-15-13(4)16(19(23)25-17(15)7-14)8-18(22)20-12(3)9-21/h5-7,12,21H,1,8-10H2,2-4H3,(H,20,22)/t12-/m0/s1. The first-order valence-electron chi connectivity index (χ1n) is 8.05. The number of amides is 1. The molecule has 6 nitrogen and oxygen atoms in total. The van der Waals surface area contributed by atoms with E-state index in [1.165, 1.54) is 0 Å². The van der Waals surface area contributed by atoms with Gasteiger partial charge in [0, 0.05) is 17.5 Å². The van der Waals surface area contributed by atoms with E-state index in [4.69, 9.17) is 14.3 Å². The van der Waals surface area contributed by atoms with Crippen LogP contribution in [0, 0.1) is 6.92 Å². The molecule has 1 heterocycles. The third kappa shape index (κ3) is 4.70. The molecule has 0 radical (unpaired) electrons. The van der Waals surface area contributed by atoms with Gasteiger partial charge in [-0.2, -0.15) is 0 Å². The number of hydrogen-bond acceptors (Lipinski definition) is 5. The maximum Gasteiger partial charge on any atom is 0.340 e. The summed E-state index contributed by atoms with van der Waals surface area (Å²) in [4.78, 5) is 24.3. The van der Waals surface area contributed by atoms with Gasteiger partial charge in [-0.15, -0.1) is 0 Å². The predicted molar refractivity (Wildman–Crippen MR) is 95.9 cm³/mol. The zero-order chi connectivity index (χ0) is 18.6. The first-order valence-corrected chi connectivity index (χ1v) is 8.05. The van der Waals surface area contributed by atoms with Crippen LogP contribution in [0.4, 0.5) is 0 Å². The summed E-state index contributed by atoms with van der Waals surface area (Å²) in [5, 5.41) is 12.4. The van der Waals surface area contributed by atoms with E-state index in [0.29, 0.717) is 29.1 Å². The molecule has 0 spiro atoms. The zero-order valence-corrected chi connectivity index (χ0v) is 14.7. The van der Waals surface area contributed by atoms with Crippen LogP contribution in [-0.2, 0) is 11.2 Å². The number of carbonyl (C=O) groups is 1. The van der Waals surface area contributed by atoms with Crippen LogP contribution in [0.25, 0.3) is 11.0 Å². The summed E-state index contributed by atoms with van der Waals surface area (Å²) >= 11 is 0. The highest BCUT2D eigenvalue weighted by Crippen LogP contribution is 2.24. The molecule has 2 N–H and O–H groups in total. The molecule has 0 saturated carbocycles. The van der Waals surface area contributed by atoms with Gasteiger partial charge in [0.2, 0.25) is 5.91 Å². The van der Waals surface area contributed by atoms with Crippen LogP contribution >= 0.6 is 0 Å². The number of ether oxygens (including phenoxy) is 1. The summed E-state index contributed by atoms with van der Waals surface area (Å²) in [6.07, 6.45) is -0.0949. The third-order valence-electron chi connectivity index (χ3n) is 3.76. The zero-order valence-electron chi connectivity index (χ0n) is 14.7. The molecule has 0 aliphatic heterocycles. The fourth-order valence-electron chi connectivity index (χ4n) is 2.41. The van der Waals surface area contributed by atoms with Crippen molar-refractivity contribution in [3.05, 3.63) is 51.9 Å². The van der Waals surface area contributed by atoms with E-state index in [-0.39, 0.29) is 25.0 Å². The van der Waals surface area contributed by atoms with Crippen LogP contribution in [-0.4, -0.2) is 30.3 Å². The fourth-order valence-corrected chi connectivity index (χ4v) is 2.41. The molecule has 2 rings (SSSR count). The lowest BCUT2D eigenvalue weighted by Crippen LogP contribution is -2.37. The van der Waals surface area contributed by atoms with E-state index in [1.807, 2.05) is 6.92 Å². The lowest BCUT2D eigenvalue weighted by molar-refractivity contribution is -0.121. The first kappa shape index (κ1) is 18.7. The van der Waals surface area contributed by atoms with Gasteiger partial charge in [-0.1, -0.05) is 6.58 Å². The molecule has 0 fully saturated rings. The Morgan fingerprint density at radius 3 is 2.80 bits per heavy atom. The number of carbonyl (C=O) groups excluding carboxylic acids is 1. The minimum atomic E-state index is -0.547. The molecular weight excluding hydrogens is 322 g/mol. The van der Waals surface area contributed by atoms with Gasteiger partial charge in [-0.05, 0) is 44.0 Å². The number of aliphatic hydroxyl groups excluding tert-OH is 1. The van der Waals surface area contributed by atoms with Crippen LogP contribution in [0.3, 0.4) is 0 Å². The van der Waals surface area contributed by atoms with Gasteiger partial charge in [-0.3, -0.25) is 4.79 Å². The van der Waals surface area contributed by atoms with Gasteiger partial charge < -0.3 is 19.6 Å². The topological polar surface area (TPSA) is 88.8 Å². The summed E-state index contributed by atoms with van der Waals surface area (Å²) in [6, 6.07) is 4.88. The number of aliphatic hydroxyl groups is 1. The van der Waals surface area contributed by atoms with Crippen molar-refractivity contribution < 1.29 is 19.1 Å². The summed E-state index contributed by atoms with van der Waals surface area (Å²) in [6.45, 7) is 9.32. The Kier molecular flexibility index (Phi) is 5.98. The molecule has 1 amide bonds. The monoisotopic (exact) mass is 345 g/mol. The minimum absolute atomic E-state index is 0.0949. The molecule has 0 aliphatic rings. The molecule has 1 aromatic heterocycles. The Labute approximate surface area is 146 Å². The van der Waals surface area contributed by atoms with Gasteiger partial charge >= 0.3 is 5.63 Å². The Morgan fingerprint density at radius 1 is 1.44 bits per heavy atom. The number of rotatable bonds is 7. The summed E-state index contributed by atoms with van der Waals surface area (Å²) in [7, 11) is 0. The van der Waals surface area contributed by atoms with Crippen LogP contribution in [0.5, 0.6) is 5.75 Å². The summed E-state index contributed by atoms with van der Waals surface area (Å²) in [5.74, 6) is 0.248. The van der Waals surface area contributed by atoms with Crippen molar-refractivity contribution in [2.24, 2.45) is 0 Å². The smallest absolute Gasteiger partial charge is 0.340 e. The molecule has 6 heteroatoms. The van der Waals surface area contributed by atoms with Gasteiger partial charge in [-0.25, -0.2) is 4.79 Å². The van der Waals surface area contributed by atoms with Crippen molar-refractivity contribution in [2.75, 3.05) is 13.2 Å². The SMILES string of the molecule is C=C(C)COc1ccc2c(C)c(CC(=O)N[C@@H](C)CO)c(=O)oc2c1. The molecule has 25 heavy (non-hydrogen) atoms. The van der Waals surface area contributed by atoms with Crippen LogP contribution < -0.4 is 15.7 Å². The predicted octanol–water partition coefficient (Wildman–Crippen LogP) is 2.10. The van der Waals surface area contributed by atoms with Gasteiger partial charge in [0.05, 0.1) is 18.6 Å². The molecule has 134 valence electrons. The maximum absolute atomic E-state index is 12.3. The van der Waals surface area contributed by atoms with Crippen molar-refractivity contribution in [3.63, 3.8) is 0 Å². The van der Waals surface area contributed by atoms with Crippen LogP contribution in [0.15, 0.2) is 39.6 Å². The van der Waals surface area contributed by atoms with E-state index in [9.17, 15) is 9.59 Å². The van der Waals surface area contributed by atoms with Crippen molar-refractivity contribution in [2.45, 2.75) is 33.2 Å². The maximum atomic E-state index is 12.3. The van der Waals surface area contributed by atoms with Gasteiger partial charge in [0.15, 0.2) is 0 Å². The van der Waals surface area contributed by atoms with Crippen molar-refractivity contribution in [1.29, 1.82) is 0 Å². The average molecular weight is 345 g/mol. The number of aryl methyl sites for hydroxylation is 1. The van der Waals surface area contributed by atoms with E-state index >= 15 is 0 Å². The number of fused-ring (bicyclic) bond motifs is 1. The summed E-state index contributed by atoms with van der Waals surface area (Å²) in [5.41, 5.74) is 1.76. The molecule has 2 aromatic rings. The quantitative estimate of drug-likeness (QED) is 0.592. The normalized spacial score (nSPS) is 12.0. The number of benzene rings is 1. The van der Waals surface area contributed by atoms with Crippen molar-refractivity contribution in [3.8, 4) is 5.75 Å². The van der Waals surface area contributed by atoms with E-state index < -0.39 is 5.63 Å². The fraction of sp³-hybridized carbons (Fsp3) is 0.368. The Morgan fingerprint density at radius 2 is 2.16 bits per heavy atom. The second kappa shape index (κ2) is 7.98. The molecule has 0 bridgehead atoms. The van der Waals surface area contributed by atoms with Gasteiger partial charge in [0.25, 0.3) is 0 Å². The van der Waals surface area contributed by atoms with E-state index in [1.54, 1.807) is 32.0 Å². The lowest BCUT2D eigenvalue weighted by atomic mass is 10.0. The molecule has 0 saturated heterocycles. The molecule has 0 unspecified atom stereocenters. The van der Waals surface area contributed by atoms with Gasteiger partial charge in [0.1, 0.15) is 17.9 Å². The highest BCUT2D eigenvalue weighted by Gasteiger charge is 2.16. The second-order valence-corrected chi connectivity index (χ2v) is 6.22. The molecule has 0 aliphatic carbocycles. The third-order valence-corrected chi connectivity index (χ3v) is 3.76. The molecular formula is C19H23NO5. The Hall–Kier alpha value is -2.60. The van der Waals surface area contributed by atoms with Crippen molar-refractivity contribution >= 4 is 16.9 Å². The van der Waals surface area contributed by atoms with E-state index in [2.05, 4.69) is 11.9 Å². The molecule has 1 atom stereocenters. The highest BCUT2D eigenvalue weighted by atomic mass is 16.5. The van der Waals surface area contributed by atoms with Crippen LogP contribution in [0.1, 0.15) is 25.0 Å². The first-order chi connectivity index (χ1) is 11.8. The Bertz CT molecular complexity index is 853. The minimum Gasteiger partial charge on any atom is -0.489 e. The Balaban J connectivity index is 2.31. The highest BCUT2D eigenvalue weighted by molar-refractivity contribution is 5.85. The lowest BCUT2D eigenvalue weighted by Gasteiger charge is -2.12. The number of hydrogen-bond donors (Lipinski definition) is 2. The summed E-state index contributed by atoms with van der Waals surface area (Å²) < 4.78 is 10.9. The molecule has 1 aromatic carbocycles. The van der Waals surface area contributed by atoms with E-state index in [0.717, 1.165) is 11.0 Å². The van der Waals surface area contributed by atoms with Crippen LogP contribution in [0.2, 0.25) is 0 Å².